The van der Waals surface area contributed by atoms with Gasteiger partial charge in [0.2, 0.25) is 0 Å². The van der Waals surface area contributed by atoms with E-state index in [0.29, 0.717) is 23.6 Å². The van der Waals surface area contributed by atoms with Crippen LogP contribution in [0, 0.1) is 0 Å². The van der Waals surface area contributed by atoms with E-state index in [0.717, 1.165) is 33.5 Å². The molecular weight excluding hydrogens is 486 g/mol. The predicted octanol–water partition coefficient (Wildman–Crippen LogP) is 5.13. The predicted molar refractivity (Wildman–Crippen MR) is 140 cm³/mol. The quantitative estimate of drug-likeness (QED) is 0.308. The second-order valence-corrected chi connectivity index (χ2v) is 10.7. The largest absolute Gasteiger partial charge is 0.457 e. The fraction of sp³-hybridized carbons (Fsp3) is 0.0714. The third-order valence-corrected chi connectivity index (χ3v) is 7.12. The SMILES string of the molecule is CS(=O)(=O)c1ccc(Oc2ccc(-c3ccc4nnc(Cc5ccc6ncccc6c5)n4n3)cc2)cc1. The molecule has 0 saturated carbocycles. The van der Waals surface area contributed by atoms with Gasteiger partial charge in [-0.3, -0.25) is 4.98 Å². The maximum Gasteiger partial charge on any atom is 0.177 e. The van der Waals surface area contributed by atoms with E-state index < -0.39 is 9.84 Å². The number of ether oxygens (including phenoxy) is 1. The average molecular weight is 508 g/mol. The van der Waals surface area contributed by atoms with Gasteiger partial charge in [-0.1, -0.05) is 12.1 Å². The fourth-order valence-corrected chi connectivity index (χ4v) is 4.73. The van der Waals surface area contributed by atoms with Gasteiger partial charge in [0.1, 0.15) is 11.5 Å². The van der Waals surface area contributed by atoms with Crippen LogP contribution in [0.15, 0.2) is 102 Å². The van der Waals surface area contributed by atoms with Gasteiger partial charge in [0.15, 0.2) is 21.3 Å². The van der Waals surface area contributed by atoms with Crippen molar-refractivity contribution in [3.63, 3.8) is 0 Å². The normalized spacial score (nSPS) is 11.7. The number of benzene rings is 3. The lowest BCUT2D eigenvalue weighted by Crippen LogP contribution is -2.01. The van der Waals surface area contributed by atoms with Gasteiger partial charge in [-0.15, -0.1) is 10.2 Å². The molecule has 182 valence electrons. The van der Waals surface area contributed by atoms with E-state index >= 15 is 0 Å². The summed E-state index contributed by atoms with van der Waals surface area (Å²) in [6, 6.07) is 27.8. The van der Waals surface area contributed by atoms with Crippen LogP contribution in [-0.4, -0.2) is 39.5 Å². The Bertz CT molecular complexity index is 1850. The van der Waals surface area contributed by atoms with Gasteiger partial charge in [0.05, 0.1) is 16.1 Å². The summed E-state index contributed by atoms with van der Waals surface area (Å²) in [5.41, 5.74) is 4.43. The molecule has 0 unspecified atom stereocenters. The van der Waals surface area contributed by atoms with Gasteiger partial charge in [0.25, 0.3) is 0 Å². The van der Waals surface area contributed by atoms with Crippen molar-refractivity contribution in [1.29, 1.82) is 0 Å². The highest BCUT2D eigenvalue weighted by Gasteiger charge is 2.11. The van der Waals surface area contributed by atoms with E-state index in [4.69, 9.17) is 9.84 Å². The molecule has 8 nitrogen and oxygen atoms in total. The monoisotopic (exact) mass is 507 g/mol. The molecule has 0 amide bonds. The topological polar surface area (TPSA) is 99.3 Å². The lowest BCUT2D eigenvalue weighted by Gasteiger charge is -2.08. The zero-order valence-corrected chi connectivity index (χ0v) is 20.6. The Hall–Kier alpha value is -4.63. The van der Waals surface area contributed by atoms with Crippen molar-refractivity contribution >= 4 is 26.4 Å². The first-order valence-electron chi connectivity index (χ1n) is 11.6. The molecule has 0 saturated heterocycles. The maximum absolute atomic E-state index is 11.6. The third kappa shape index (κ3) is 4.76. The molecule has 3 aromatic carbocycles. The minimum absolute atomic E-state index is 0.252. The van der Waals surface area contributed by atoms with Crippen LogP contribution >= 0.6 is 0 Å². The molecule has 0 fully saturated rings. The Morgan fingerprint density at radius 3 is 2.35 bits per heavy atom. The van der Waals surface area contributed by atoms with Crippen LogP contribution in [0.2, 0.25) is 0 Å². The van der Waals surface area contributed by atoms with E-state index in [2.05, 4.69) is 21.2 Å². The minimum atomic E-state index is -3.25. The Kier molecular flexibility index (Phi) is 5.61. The number of sulfone groups is 1. The number of pyridine rings is 1. The summed E-state index contributed by atoms with van der Waals surface area (Å²) in [5, 5.41) is 14.5. The smallest absolute Gasteiger partial charge is 0.177 e. The van der Waals surface area contributed by atoms with Gasteiger partial charge in [-0.2, -0.15) is 9.61 Å². The van der Waals surface area contributed by atoms with Crippen molar-refractivity contribution < 1.29 is 13.2 Å². The molecule has 0 radical (unpaired) electrons. The summed E-state index contributed by atoms with van der Waals surface area (Å²) < 4.78 is 30.9. The van der Waals surface area contributed by atoms with E-state index in [1.807, 2.05) is 60.7 Å². The van der Waals surface area contributed by atoms with Crippen LogP contribution in [0.1, 0.15) is 11.4 Å². The highest BCUT2D eigenvalue weighted by atomic mass is 32.2. The number of rotatable bonds is 6. The summed E-state index contributed by atoms with van der Waals surface area (Å²) in [6.45, 7) is 0. The van der Waals surface area contributed by atoms with Crippen LogP contribution in [0.3, 0.4) is 0 Å². The van der Waals surface area contributed by atoms with Crippen LogP contribution < -0.4 is 4.74 Å². The zero-order valence-electron chi connectivity index (χ0n) is 19.8. The van der Waals surface area contributed by atoms with Crippen LogP contribution in [0.5, 0.6) is 11.5 Å². The molecule has 37 heavy (non-hydrogen) atoms. The second-order valence-electron chi connectivity index (χ2n) is 8.68. The Balaban J connectivity index is 1.23. The number of nitrogens with zero attached hydrogens (tertiary/aromatic N) is 5. The first-order chi connectivity index (χ1) is 17.9. The summed E-state index contributed by atoms with van der Waals surface area (Å²) in [5.74, 6) is 1.93. The van der Waals surface area contributed by atoms with Gasteiger partial charge in [-0.25, -0.2) is 8.42 Å². The van der Waals surface area contributed by atoms with E-state index in [9.17, 15) is 8.42 Å². The van der Waals surface area contributed by atoms with E-state index in [1.54, 1.807) is 22.8 Å². The molecule has 0 aliphatic heterocycles. The Labute approximate surface area is 213 Å². The maximum atomic E-state index is 11.6. The van der Waals surface area contributed by atoms with Gasteiger partial charge in [-0.05, 0) is 84.4 Å². The second kappa shape index (κ2) is 9.11. The van der Waals surface area contributed by atoms with Crippen molar-refractivity contribution in [3.8, 4) is 22.8 Å². The third-order valence-electron chi connectivity index (χ3n) is 5.99. The molecular formula is C28H21N5O3S. The van der Waals surface area contributed by atoms with Gasteiger partial charge >= 0.3 is 0 Å². The van der Waals surface area contributed by atoms with E-state index in [1.165, 1.54) is 18.4 Å². The van der Waals surface area contributed by atoms with Crippen molar-refractivity contribution in [2.24, 2.45) is 0 Å². The number of hydrogen-bond donors (Lipinski definition) is 0. The standard InChI is InChI=1S/C28H21N5O3S/c1-37(34,35)24-11-9-23(10-12-24)36-22-7-5-20(6-8-22)26-14-15-27-30-31-28(33(27)32-26)18-19-4-13-25-21(17-19)3-2-16-29-25/h2-17H,18H2,1H3. The van der Waals surface area contributed by atoms with Crippen molar-refractivity contribution in [3.05, 3.63) is 109 Å². The van der Waals surface area contributed by atoms with Crippen LogP contribution in [0.25, 0.3) is 27.8 Å². The first kappa shape index (κ1) is 22.8. The lowest BCUT2D eigenvalue weighted by molar-refractivity contribution is 0.482. The number of fused-ring (bicyclic) bond motifs is 2. The zero-order chi connectivity index (χ0) is 25.4. The molecule has 0 bridgehead atoms. The Morgan fingerprint density at radius 2 is 1.59 bits per heavy atom. The Morgan fingerprint density at radius 1 is 0.838 bits per heavy atom. The highest BCUT2D eigenvalue weighted by Crippen LogP contribution is 2.26. The molecule has 6 aromatic rings. The van der Waals surface area contributed by atoms with Crippen molar-refractivity contribution in [1.82, 2.24) is 24.8 Å². The molecule has 3 heterocycles. The van der Waals surface area contributed by atoms with Crippen LogP contribution in [-0.2, 0) is 16.3 Å². The molecule has 9 heteroatoms. The molecule has 0 N–H and O–H groups in total. The molecule has 0 aliphatic carbocycles. The molecule has 0 atom stereocenters. The molecule has 0 spiro atoms. The summed E-state index contributed by atoms with van der Waals surface area (Å²) in [6.07, 6.45) is 3.56. The highest BCUT2D eigenvalue weighted by molar-refractivity contribution is 7.90. The van der Waals surface area contributed by atoms with Gasteiger partial charge < -0.3 is 4.74 Å². The molecule has 0 aliphatic rings. The molecule has 6 rings (SSSR count). The van der Waals surface area contributed by atoms with Crippen LogP contribution in [0.4, 0.5) is 0 Å². The number of aromatic nitrogens is 5. The molecule has 3 aromatic heterocycles. The van der Waals surface area contributed by atoms with Gasteiger partial charge in [0, 0.05) is 29.8 Å². The number of hydrogen-bond acceptors (Lipinski definition) is 7. The summed E-state index contributed by atoms with van der Waals surface area (Å²) in [4.78, 5) is 4.63. The fourth-order valence-electron chi connectivity index (χ4n) is 4.10. The average Bonchev–Trinajstić information content (AvgIpc) is 3.31. The summed E-state index contributed by atoms with van der Waals surface area (Å²) >= 11 is 0. The van der Waals surface area contributed by atoms with E-state index in [-0.39, 0.29) is 4.90 Å². The van der Waals surface area contributed by atoms with Crippen molar-refractivity contribution in [2.75, 3.05) is 6.26 Å². The first-order valence-corrected chi connectivity index (χ1v) is 13.4. The van der Waals surface area contributed by atoms with Crippen molar-refractivity contribution in [2.45, 2.75) is 11.3 Å². The summed E-state index contributed by atoms with van der Waals surface area (Å²) in [7, 11) is -3.25. The minimum Gasteiger partial charge on any atom is -0.457 e. The lowest BCUT2D eigenvalue weighted by atomic mass is 10.1.